The molecule has 0 saturated carbocycles. The number of nitrogens with two attached hydrogens (primary N) is 1. The molecular weight excluding hydrogens is 104 g/mol. The Labute approximate surface area is 48.5 Å². The van der Waals surface area contributed by atoms with Crippen LogP contribution in [0.3, 0.4) is 0 Å². The van der Waals surface area contributed by atoms with E-state index >= 15 is 0 Å². The maximum absolute atomic E-state index is 5.18. The van der Waals surface area contributed by atoms with E-state index in [4.69, 9.17) is 5.73 Å². The summed E-state index contributed by atoms with van der Waals surface area (Å²) < 4.78 is 0. The number of hydrogen-bond donors (Lipinski definition) is 2. The molecule has 4 heteroatoms. The van der Waals surface area contributed by atoms with Gasteiger partial charge < -0.3 is 11.2 Å². The molecule has 0 rings (SSSR count). The van der Waals surface area contributed by atoms with Crippen molar-refractivity contribution in [3.05, 3.63) is 0 Å². The van der Waals surface area contributed by atoms with Gasteiger partial charge in [0.25, 0.3) is 0 Å². The van der Waals surface area contributed by atoms with Gasteiger partial charge in [-0.15, -0.1) is 5.10 Å². The summed E-state index contributed by atoms with van der Waals surface area (Å²) in [4.78, 5) is 3.65. The number of aliphatic imine (C=N–C) groups is 1. The van der Waals surface area contributed by atoms with Crippen LogP contribution in [-0.4, -0.2) is 19.2 Å². The van der Waals surface area contributed by atoms with Crippen molar-refractivity contribution in [2.24, 2.45) is 15.8 Å². The van der Waals surface area contributed by atoms with Gasteiger partial charge >= 0.3 is 0 Å². The molecule has 0 aromatic carbocycles. The molecule has 46 valence electrons. The van der Waals surface area contributed by atoms with E-state index in [9.17, 15) is 0 Å². The van der Waals surface area contributed by atoms with Gasteiger partial charge in [-0.05, 0) is 6.92 Å². The number of hydrogen-bond acceptors (Lipinski definition) is 2. The minimum atomic E-state index is 0.245. The fourth-order valence-electron chi connectivity index (χ4n) is 0.276. The number of hydrazone groups is 1. The van der Waals surface area contributed by atoms with Crippen LogP contribution < -0.4 is 11.2 Å². The third-order valence-corrected chi connectivity index (χ3v) is 0.488. The lowest BCUT2D eigenvalue weighted by Crippen LogP contribution is -2.12. The quantitative estimate of drug-likeness (QED) is 0.275. The molecule has 0 aliphatic heterocycles. The van der Waals surface area contributed by atoms with Gasteiger partial charge in [-0.25, -0.2) is 4.99 Å². The minimum absolute atomic E-state index is 0.245. The van der Waals surface area contributed by atoms with E-state index in [-0.39, 0.29) is 5.96 Å². The molecular formula is C4H10N4. The SMILES string of the molecule is CC=N/C(N)=N\NC. The number of nitrogens with one attached hydrogen (secondary N) is 1. The molecule has 8 heavy (non-hydrogen) atoms. The van der Waals surface area contributed by atoms with Crippen molar-refractivity contribution in [3.8, 4) is 0 Å². The van der Waals surface area contributed by atoms with Gasteiger partial charge in [0.1, 0.15) is 0 Å². The van der Waals surface area contributed by atoms with E-state index < -0.39 is 0 Å². The molecule has 0 amide bonds. The van der Waals surface area contributed by atoms with Crippen molar-refractivity contribution in [1.82, 2.24) is 5.43 Å². The fourth-order valence-corrected chi connectivity index (χ4v) is 0.276. The third-order valence-electron chi connectivity index (χ3n) is 0.488. The van der Waals surface area contributed by atoms with Crippen LogP contribution in [0.4, 0.5) is 0 Å². The summed E-state index contributed by atoms with van der Waals surface area (Å²) in [7, 11) is 1.66. The van der Waals surface area contributed by atoms with Gasteiger partial charge in [0.15, 0.2) is 0 Å². The predicted octanol–water partition coefficient (Wildman–Crippen LogP) is -0.474. The van der Waals surface area contributed by atoms with E-state index in [1.54, 1.807) is 20.2 Å². The molecule has 0 heterocycles. The maximum Gasteiger partial charge on any atom is 0.236 e. The van der Waals surface area contributed by atoms with Crippen LogP contribution in [0.5, 0.6) is 0 Å². The number of rotatable bonds is 1. The van der Waals surface area contributed by atoms with E-state index in [1.807, 2.05) is 0 Å². The molecule has 0 bridgehead atoms. The third kappa shape index (κ3) is 3.14. The largest absolute Gasteiger partial charge is 0.367 e. The van der Waals surface area contributed by atoms with Crippen molar-refractivity contribution in [1.29, 1.82) is 0 Å². The Hall–Kier alpha value is -1.06. The molecule has 0 radical (unpaired) electrons. The van der Waals surface area contributed by atoms with E-state index in [2.05, 4.69) is 15.5 Å². The Kier molecular flexibility index (Phi) is 3.56. The number of nitrogens with zero attached hydrogens (tertiary/aromatic N) is 2. The van der Waals surface area contributed by atoms with Crippen LogP contribution in [0.1, 0.15) is 6.92 Å². The lowest BCUT2D eigenvalue weighted by atomic mass is 10.8. The number of guanidine groups is 1. The van der Waals surface area contributed by atoms with E-state index in [1.165, 1.54) is 0 Å². The second kappa shape index (κ2) is 4.11. The second-order valence-electron chi connectivity index (χ2n) is 1.08. The van der Waals surface area contributed by atoms with Gasteiger partial charge in [-0.3, -0.25) is 0 Å². The van der Waals surface area contributed by atoms with E-state index in [0.717, 1.165) is 0 Å². The molecule has 3 N–H and O–H groups in total. The fraction of sp³-hybridized carbons (Fsp3) is 0.500. The first kappa shape index (κ1) is 6.94. The highest BCUT2D eigenvalue weighted by atomic mass is 15.3. The highest BCUT2D eigenvalue weighted by Crippen LogP contribution is 1.63. The summed E-state index contributed by atoms with van der Waals surface area (Å²) in [5, 5.41) is 3.56. The van der Waals surface area contributed by atoms with Crippen LogP contribution in [-0.2, 0) is 0 Å². The molecule has 0 aromatic heterocycles. The molecule has 0 fully saturated rings. The van der Waals surface area contributed by atoms with Gasteiger partial charge in [0.2, 0.25) is 5.96 Å². The van der Waals surface area contributed by atoms with Crippen LogP contribution >= 0.6 is 0 Å². The zero-order chi connectivity index (χ0) is 6.41. The molecule has 0 saturated heterocycles. The minimum Gasteiger partial charge on any atom is -0.367 e. The van der Waals surface area contributed by atoms with Crippen molar-refractivity contribution >= 4 is 12.2 Å². The second-order valence-corrected chi connectivity index (χ2v) is 1.08. The molecule has 0 aromatic rings. The zero-order valence-electron chi connectivity index (χ0n) is 5.05. The van der Waals surface area contributed by atoms with Gasteiger partial charge in [0.05, 0.1) is 0 Å². The molecule has 0 atom stereocenters. The predicted molar refractivity (Wildman–Crippen MR) is 34.8 cm³/mol. The average molecular weight is 114 g/mol. The van der Waals surface area contributed by atoms with Crippen LogP contribution in [0, 0.1) is 0 Å². The van der Waals surface area contributed by atoms with Gasteiger partial charge in [-0.1, -0.05) is 0 Å². The summed E-state index contributed by atoms with van der Waals surface area (Å²) >= 11 is 0. The Morgan fingerprint density at radius 2 is 2.38 bits per heavy atom. The van der Waals surface area contributed by atoms with Crippen molar-refractivity contribution in [2.45, 2.75) is 6.92 Å². The van der Waals surface area contributed by atoms with Crippen LogP contribution in [0.2, 0.25) is 0 Å². The van der Waals surface area contributed by atoms with Crippen molar-refractivity contribution in [2.75, 3.05) is 7.05 Å². The molecule has 0 aliphatic rings. The molecule has 4 nitrogen and oxygen atoms in total. The normalized spacial score (nSPS) is 12.5. The topological polar surface area (TPSA) is 62.8 Å². The average Bonchev–Trinajstić information content (AvgIpc) is 1.68. The Balaban J connectivity index is 3.61. The molecule has 0 aliphatic carbocycles. The van der Waals surface area contributed by atoms with Crippen LogP contribution in [0.25, 0.3) is 0 Å². The van der Waals surface area contributed by atoms with Crippen molar-refractivity contribution < 1.29 is 0 Å². The summed E-state index contributed by atoms with van der Waals surface area (Å²) in [5.74, 6) is 0.245. The lowest BCUT2D eigenvalue weighted by molar-refractivity contribution is 0.894. The first-order valence-corrected chi connectivity index (χ1v) is 2.30. The maximum atomic E-state index is 5.18. The Morgan fingerprint density at radius 1 is 1.75 bits per heavy atom. The monoisotopic (exact) mass is 114 g/mol. The highest BCUT2D eigenvalue weighted by Gasteiger charge is 1.76. The lowest BCUT2D eigenvalue weighted by Gasteiger charge is -1.87. The first-order valence-electron chi connectivity index (χ1n) is 2.30. The summed E-state index contributed by atoms with van der Waals surface area (Å²) in [6.07, 6.45) is 1.58. The summed E-state index contributed by atoms with van der Waals surface area (Å²) in [6.45, 7) is 1.78. The van der Waals surface area contributed by atoms with Gasteiger partial charge in [0, 0.05) is 13.3 Å². The Bertz CT molecular complexity index is 105. The van der Waals surface area contributed by atoms with E-state index in [0.29, 0.717) is 0 Å². The summed E-state index contributed by atoms with van der Waals surface area (Å²) in [6, 6.07) is 0. The molecule has 0 spiro atoms. The Morgan fingerprint density at radius 3 is 2.75 bits per heavy atom. The standard InChI is InChI=1S/C4H10N4/c1-3-7-4(5)8-6-2/h3,6H,1-2H3,(H2,5,8). The zero-order valence-corrected chi connectivity index (χ0v) is 5.05. The van der Waals surface area contributed by atoms with Gasteiger partial charge in [-0.2, -0.15) is 0 Å². The smallest absolute Gasteiger partial charge is 0.236 e. The summed E-state index contributed by atoms with van der Waals surface area (Å²) in [5.41, 5.74) is 7.69. The highest BCUT2D eigenvalue weighted by molar-refractivity contribution is 5.85. The first-order chi connectivity index (χ1) is 3.81. The van der Waals surface area contributed by atoms with Crippen LogP contribution in [0.15, 0.2) is 10.1 Å². The molecule has 0 unspecified atom stereocenters. The van der Waals surface area contributed by atoms with Crippen molar-refractivity contribution in [3.63, 3.8) is 0 Å².